The van der Waals surface area contributed by atoms with E-state index in [0.717, 1.165) is 59.6 Å². The van der Waals surface area contributed by atoms with Gasteiger partial charge in [-0.1, -0.05) is 19.1 Å². The molecule has 0 spiro atoms. The molecule has 2 amide bonds. The quantitative estimate of drug-likeness (QED) is 0.420. The number of hydrogen-bond acceptors (Lipinski definition) is 7. The molecule has 1 aromatic heterocycles. The van der Waals surface area contributed by atoms with E-state index in [-0.39, 0.29) is 19.1 Å². The van der Waals surface area contributed by atoms with Gasteiger partial charge in [-0.2, -0.15) is 0 Å². The number of pyridine rings is 1. The molecular formula is C28H34N6O4. The molecule has 0 atom stereocenters. The molecule has 38 heavy (non-hydrogen) atoms. The van der Waals surface area contributed by atoms with E-state index in [1.165, 1.54) is 4.90 Å². The average molecular weight is 519 g/mol. The second-order valence-corrected chi connectivity index (χ2v) is 10.2. The Kier molecular flexibility index (Phi) is 7.07. The number of carbonyl (C=O) groups is 2. The smallest absolute Gasteiger partial charge is 0.407 e. The van der Waals surface area contributed by atoms with Crippen LogP contribution in [0.4, 0.5) is 16.2 Å². The predicted molar refractivity (Wildman–Crippen MR) is 145 cm³/mol. The fourth-order valence-corrected chi connectivity index (χ4v) is 5.34. The lowest BCUT2D eigenvalue weighted by molar-refractivity contribution is -0.118. The Morgan fingerprint density at radius 1 is 1.24 bits per heavy atom. The Morgan fingerprint density at radius 2 is 2.05 bits per heavy atom. The number of nitrogens with zero attached hydrogens (tertiary/aromatic N) is 4. The summed E-state index contributed by atoms with van der Waals surface area (Å²) in [6.07, 6.45) is 6.23. The van der Waals surface area contributed by atoms with Gasteiger partial charge in [0.2, 0.25) is 5.91 Å². The minimum atomic E-state index is -0.957. The van der Waals surface area contributed by atoms with Crippen molar-refractivity contribution in [2.45, 2.75) is 51.0 Å². The number of fused-ring (bicyclic) bond motifs is 2. The number of amides is 2. The van der Waals surface area contributed by atoms with Gasteiger partial charge in [-0.25, -0.2) is 9.79 Å². The number of carboxylic acid groups (broad SMARTS) is 1. The first kappa shape index (κ1) is 25.7. The number of aliphatic hydroxyl groups is 1. The molecule has 3 aliphatic rings. The first-order valence-corrected chi connectivity index (χ1v) is 13.1. The van der Waals surface area contributed by atoms with Crippen molar-refractivity contribution in [1.82, 2.24) is 14.8 Å². The zero-order valence-corrected chi connectivity index (χ0v) is 21.6. The Morgan fingerprint density at radius 3 is 2.76 bits per heavy atom. The maximum Gasteiger partial charge on any atom is 0.407 e. The summed E-state index contributed by atoms with van der Waals surface area (Å²) in [5, 5.41) is 21.9. The molecule has 0 bridgehead atoms. The van der Waals surface area contributed by atoms with Crippen molar-refractivity contribution in [3.8, 4) is 0 Å². The van der Waals surface area contributed by atoms with Crippen LogP contribution in [-0.2, 0) is 23.2 Å². The highest BCUT2D eigenvalue weighted by molar-refractivity contribution is 6.01. The van der Waals surface area contributed by atoms with Gasteiger partial charge in [-0.3, -0.25) is 9.78 Å². The lowest BCUT2D eigenvalue weighted by Crippen LogP contribution is -2.35. The fourth-order valence-electron chi connectivity index (χ4n) is 5.34. The molecule has 10 heteroatoms. The lowest BCUT2D eigenvalue weighted by Gasteiger charge is -2.26. The number of nitrogens with two attached hydrogens (primary N) is 1. The van der Waals surface area contributed by atoms with Gasteiger partial charge in [-0.05, 0) is 48.6 Å². The molecule has 1 saturated carbocycles. The van der Waals surface area contributed by atoms with E-state index in [9.17, 15) is 19.8 Å². The summed E-state index contributed by atoms with van der Waals surface area (Å²) in [6.45, 7) is 4.21. The highest BCUT2D eigenvalue weighted by Crippen LogP contribution is 2.50. The number of benzene rings is 1. The monoisotopic (exact) mass is 518 g/mol. The van der Waals surface area contributed by atoms with E-state index in [4.69, 9.17) is 5.73 Å². The molecule has 200 valence electrons. The van der Waals surface area contributed by atoms with Crippen molar-refractivity contribution in [2.75, 3.05) is 31.6 Å². The van der Waals surface area contributed by atoms with E-state index in [1.807, 2.05) is 24.3 Å². The third-order valence-electron chi connectivity index (χ3n) is 7.55. The number of rotatable bonds is 8. The second-order valence-electron chi connectivity index (χ2n) is 10.2. The van der Waals surface area contributed by atoms with E-state index < -0.39 is 11.5 Å². The number of aromatic nitrogens is 1. The van der Waals surface area contributed by atoms with E-state index >= 15 is 0 Å². The van der Waals surface area contributed by atoms with Gasteiger partial charge in [0.25, 0.3) is 0 Å². The number of aliphatic imine (C=N–C) groups is 1. The summed E-state index contributed by atoms with van der Waals surface area (Å²) in [4.78, 5) is 37.5. The van der Waals surface area contributed by atoms with Crippen molar-refractivity contribution in [3.63, 3.8) is 0 Å². The maximum atomic E-state index is 13.5. The van der Waals surface area contributed by atoms with Crippen molar-refractivity contribution < 1.29 is 19.8 Å². The topological polar surface area (TPSA) is 144 Å². The molecule has 1 aromatic carbocycles. The van der Waals surface area contributed by atoms with Crippen LogP contribution in [0.15, 0.2) is 41.2 Å². The zero-order valence-electron chi connectivity index (χ0n) is 21.6. The Labute approximate surface area is 221 Å². The summed E-state index contributed by atoms with van der Waals surface area (Å²) >= 11 is 0. The molecule has 10 nitrogen and oxygen atoms in total. The molecule has 1 fully saturated rings. The van der Waals surface area contributed by atoms with Crippen molar-refractivity contribution in [3.05, 3.63) is 58.5 Å². The number of anilines is 1. The predicted octanol–water partition coefficient (Wildman–Crippen LogP) is 3.23. The number of amidine groups is 1. The number of nitrogens with one attached hydrogen (secondary N) is 1. The van der Waals surface area contributed by atoms with Gasteiger partial charge >= 0.3 is 6.09 Å². The summed E-state index contributed by atoms with van der Waals surface area (Å²) in [7, 11) is 0. The lowest BCUT2D eigenvalue weighted by atomic mass is 9.92. The third-order valence-corrected chi connectivity index (χ3v) is 7.55. The van der Waals surface area contributed by atoms with Crippen LogP contribution in [0.25, 0.3) is 6.08 Å². The van der Waals surface area contributed by atoms with Crippen molar-refractivity contribution in [1.29, 1.82) is 0 Å². The van der Waals surface area contributed by atoms with E-state index in [1.54, 1.807) is 6.20 Å². The van der Waals surface area contributed by atoms with Crippen LogP contribution in [-0.4, -0.2) is 69.1 Å². The van der Waals surface area contributed by atoms with Gasteiger partial charge in [0.05, 0.1) is 36.1 Å². The number of aliphatic hydroxyl groups excluding tert-OH is 1. The van der Waals surface area contributed by atoms with Crippen LogP contribution in [0.3, 0.4) is 0 Å². The van der Waals surface area contributed by atoms with Crippen molar-refractivity contribution in [2.24, 2.45) is 10.7 Å². The minimum absolute atomic E-state index is 0.0649. The summed E-state index contributed by atoms with van der Waals surface area (Å²) < 4.78 is 0. The van der Waals surface area contributed by atoms with Crippen LogP contribution in [0.1, 0.15) is 55.0 Å². The first-order chi connectivity index (χ1) is 18.3. The molecule has 5 rings (SSSR count). The van der Waals surface area contributed by atoms with Gasteiger partial charge in [-0.15, -0.1) is 0 Å². The summed E-state index contributed by atoms with van der Waals surface area (Å²) in [5.41, 5.74) is 11.5. The number of hydrogen-bond donors (Lipinski definition) is 4. The largest absolute Gasteiger partial charge is 0.465 e. The van der Waals surface area contributed by atoms with Gasteiger partial charge in [0, 0.05) is 49.4 Å². The highest BCUT2D eigenvalue weighted by Gasteiger charge is 2.51. The first-order valence-electron chi connectivity index (χ1n) is 13.1. The van der Waals surface area contributed by atoms with Crippen LogP contribution in [0, 0.1) is 0 Å². The fraction of sp³-hybridized carbons (Fsp3) is 0.429. The van der Waals surface area contributed by atoms with Crippen LogP contribution in [0.5, 0.6) is 0 Å². The molecular weight excluding hydrogens is 484 g/mol. The SMILES string of the molecule is CCCN(CCO)C1=Cc2ccc(C3(C(=O)Nc4cnc5c(c4)CN(C(=O)O)CC5)CC3)cc2N=C(N)C1. The molecule has 3 heterocycles. The normalized spacial score (nSPS) is 17.4. The highest BCUT2D eigenvalue weighted by atomic mass is 16.4. The molecule has 5 N–H and O–H groups in total. The average Bonchev–Trinajstić information content (AvgIpc) is 3.72. The third kappa shape index (κ3) is 5.08. The van der Waals surface area contributed by atoms with Gasteiger partial charge in [0.1, 0.15) is 5.84 Å². The molecule has 0 saturated heterocycles. The Balaban J connectivity index is 1.37. The van der Waals surface area contributed by atoms with Crippen LogP contribution >= 0.6 is 0 Å². The summed E-state index contributed by atoms with van der Waals surface area (Å²) in [5.74, 6) is 0.389. The Hall–Kier alpha value is -3.92. The molecule has 2 aromatic rings. The van der Waals surface area contributed by atoms with Crippen LogP contribution < -0.4 is 11.1 Å². The Bertz CT molecular complexity index is 1310. The number of carbonyl (C=O) groups excluding carboxylic acids is 1. The minimum Gasteiger partial charge on any atom is -0.465 e. The van der Waals surface area contributed by atoms with Gasteiger partial charge < -0.3 is 31.1 Å². The molecule has 0 radical (unpaired) electrons. The van der Waals surface area contributed by atoms with Crippen molar-refractivity contribution >= 4 is 35.3 Å². The molecule has 0 unspecified atom stereocenters. The molecule has 2 aliphatic heterocycles. The zero-order chi connectivity index (χ0) is 26.9. The standard InChI is InChI=1S/C28H34N6O4/c1-2-8-33(10-11-35)22-13-18-3-4-20(14-24(18)32-25(29)15-22)28(6-7-28)26(36)31-21-12-19-17-34(27(37)38)9-5-23(19)30-16-21/h3-4,12-14,16,35H,2,5-11,15,17H2,1H3,(H2,29,32)(H,31,36)(H,37,38). The van der Waals surface area contributed by atoms with E-state index in [2.05, 4.69) is 33.2 Å². The maximum absolute atomic E-state index is 13.5. The molecule has 1 aliphatic carbocycles. The van der Waals surface area contributed by atoms with Crippen LogP contribution in [0.2, 0.25) is 0 Å². The van der Waals surface area contributed by atoms with Gasteiger partial charge in [0.15, 0.2) is 0 Å². The summed E-state index contributed by atoms with van der Waals surface area (Å²) in [6, 6.07) is 7.77. The second kappa shape index (κ2) is 10.4. The van der Waals surface area contributed by atoms with E-state index in [0.29, 0.717) is 37.5 Å².